The van der Waals surface area contributed by atoms with Crippen molar-refractivity contribution < 1.29 is 18.7 Å². The molecule has 10 nitrogen and oxygen atoms in total. The number of aromatic nitrogens is 2. The topological polar surface area (TPSA) is 112 Å². The van der Waals surface area contributed by atoms with E-state index in [1.54, 1.807) is 43.5 Å². The molecule has 4 unspecified atom stereocenters. The molecule has 0 spiro atoms. The highest BCUT2D eigenvalue weighted by Crippen LogP contribution is 2.40. The molecule has 39 heavy (non-hydrogen) atoms. The quantitative estimate of drug-likeness (QED) is 0.489. The molecule has 3 heterocycles. The Morgan fingerprint density at radius 2 is 2.00 bits per heavy atom. The van der Waals surface area contributed by atoms with Crippen molar-refractivity contribution in [1.82, 2.24) is 36.2 Å². The lowest BCUT2D eigenvalue weighted by molar-refractivity contribution is -0.136. The number of halogens is 1. The lowest BCUT2D eigenvalue weighted by Gasteiger charge is -2.41. The molecule has 2 aliphatic heterocycles. The Morgan fingerprint density at radius 3 is 2.74 bits per heavy atom. The highest BCUT2D eigenvalue weighted by atomic mass is 19.1. The van der Waals surface area contributed by atoms with Gasteiger partial charge in [-0.05, 0) is 61.8 Å². The number of piperidine rings is 1. The van der Waals surface area contributed by atoms with Crippen LogP contribution in [-0.4, -0.2) is 77.7 Å². The Hall–Kier alpha value is -3.15. The largest absolute Gasteiger partial charge is 0.496 e. The predicted molar refractivity (Wildman–Crippen MR) is 143 cm³/mol. The van der Waals surface area contributed by atoms with Crippen LogP contribution in [0.4, 0.5) is 4.39 Å². The average Bonchev–Trinajstić information content (AvgIpc) is 3.37. The van der Waals surface area contributed by atoms with Gasteiger partial charge in [-0.25, -0.2) is 9.82 Å². The summed E-state index contributed by atoms with van der Waals surface area (Å²) >= 11 is 0. The van der Waals surface area contributed by atoms with E-state index in [1.807, 2.05) is 11.0 Å². The monoisotopic (exact) mass is 539 g/mol. The molecule has 0 radical (unpaired) electrons. The van der Waals surface area contributed by atoms with E-state index < -0.39 is 6.04 Å². The normalized spacial score (nSPS) is 28.9. The first-order valence-corrected chi connectivity index (χ1v) is 13.7. The predicted octanol–water partition coefficient (Wildman–Crippen LogP) is 1.80. The maximum absolute atomic E-state index is 14.8. The zero-order valence-electron chi connectivity index (χ0n) is 22.8. The van der Waals surface area contributed by atoms with Crippen molar-refractivity contribution >= 4 is 11.8 Å². The highest BCUT2D eigenvalue weighted by Gasteiger charge is 2.43. The van der Waals surface area contributed by atoms with Gasteiger partial charge in [0.25, 0.3) is 0 Å². The summed E-state index contributed by atoms with van der Waals surface area (Å²) < 4.78 is 20.2. The summed E-state index contributed by atoms with van der Waals surface area (Å²) in [5, 5.41) is 11.2. The molecule has 0 bridgehead atoms. The van der Waals surface area contributed by atoms with E-state index in [2.05, 4.69) is 26.4 Å². The summed E-state index contributed by atoms with van der Waals surface area (Å²) in [6.07, 6.45) is 7.23. The molecule has 2 amide bonds. The first kappa shape index (κ1) is 27.4. The number of hydrogen-bond acceptors (Lipinski definition) is 8. The number of carbonyl (C=O) groups excluding carboxylic acids is 2. The van der Waals surface area contributed by atoms with E-state index >= 15 is 0 Å². The Labute approximate surface area is 228 Å². The van der Waals surface area contributed by atoms with Crippen molar-refractivity contribution in [2.24, 2.45) is 11.8 Å². The van der Waals surface area contributed by atoms with E-state index in [1.165, 1.54) is 13.2 Å². The molecule has 2 aromatic rings. The van der Waals surface area contributed by atoms with Crippen molar-refractivity contribution in [1.29, 1.82) is 0 Å². The lowest BCUT2D eigenvalue weighted by Crippen LogP contribution is -2.56. The molecule has 11 heteroatoms. The van der Waals surface area contributed by atoms with Gasteiger partial charge in [-0.2, -0.15) is 10.2 Å². The molecule has 6 atom stereocenters. The zero-order chi connectivity index (χ0) is 27.5. The zero-order valence-corrected chi connectivity index (χ0v) is 22.8. The Bertz CT molecular complexity index is 1170. The number of benzene rings is 1. The molecule has 1 aromatic heterocycles. The van der Waals surface area contributed by atoms with Gasteiger partial charge in [0, 0.05) is 56.9 Å². The van der Waals surface area contributed by atoms with Gasteiger partial charge < -0.3 is 15.0 Å². The fraction of sp³-hybridized carbons (Fsp3) is 0.571. The second-order valence-corrected chi connectivity index (χ2v) is 11.1. The summed E-state index contributed by atoms with van der Waals surface area (Å²) in [5.41, 5.74) is 8.27. The number of methoxy groups -OCH3 is 1. The molecule has 1 aromatic carbocycles. The van der Waals surface area contributed by atoms with Crippen molar-refractivity contribution in [2.75, 3.05) is 27.7 Å². The third kappa shape index (κ3) is 5.90. The minimum Gasteiger partial charge on any atom is -0.496 e. The SMILES string of the molecule is COc1cccc(F)c1CN1C[C@H](NC(=O)C2CCC3NNC(c4ccnnc4)C3C2)CC[C@H]1C(=O)N(C)C. The Kier molecular flexibility index (Phi) is 8.39. The number of carbonyl (C=O) groups is 2. The standard InChI is InChI=1S/C28H38FN7O3/c1-35(2)28(38)24-10-8-19(15-36(24)16-21-22(29)5-4-6-25(21)39-3)32-27(37)17-7-9-23-20(13-17)26(34-33-23)18-11-12-30-31-14-18/h4-6,11-12,14,17,19-20,23-24,26,33-34H,7-10,13,15-16H2,1-3H3,(H,32,37)/t17?,19-,20?,23?,24+,26?/m1/s1. The molecular formula is C28H38FN7O3. The number of hydrazine groups is 1. The second-order valence-electron chi connectivity index (χ2n) is 11.1. The molecule has 2 saturated heterocycles. The molecule has 5 rings (SSSR count). The van der Waals surface area contributed by atoms with Gasteiger partial charge in [0.1, 0.15) is 11.6 Å². The first-order chi connectivity index (χ1) is 18.9. The van der Waals surface area contributed by atoms with Crippen LogP contribution in [0.25, 0.3) is 0 Å². The number of hydrogen-bond donors (Lipinski definition) is 3. The molecule has 1 saturated carbocycles. The number of likely N-dealkylation sites (N-methyl/N-ethyl adjacent to an activating group) is 1. The van der Waals surface area contributed by atoms with E-state index in [0.717, 1.165) is 24.8 Å². The van der Waals surface area contributed by atoms with Gasteiger partial charge in [-0.1, -0.05) is 6.07 Å². The number of nitrogens with zero attached hydrogens (tertiary/aromatic N) is 4. The summed E-state index contributed by atoms with van der Waals surface area (Å²) in [6, 6.07) is 6.58. The maximum Gasteiger partial charge on any atom is 0.239 e. The van der Waals surface area contributed by atoms with E-state index in [9.17, 15) is 14.0 Å². The second kappa shape index (κ2) is 11.9. The van der Waals surface area contributed by atoms with E-state index in [4.69, 9.17) is 4.74 Å². The highest BCUT2D eigenvalue weighted by molar-refractivity contribution is 5.82. The molecule has 210 valence electrons. The average molecular weight is 540 g/mol. The van der Waals surface area contributed by atoms with Crippen molar-refractivity contribution in [3.05, 3.63) is 53.6 Å². The van der Waals surface area contributed by atoms with Crippen LogP contribution in [0.1, 0.15) is 49.3 Å². The van der Waals surface area contributed by atoms with Gasteiger partial charge in [-0.3, -0.25) is 19.9 Å². The number of ether oxygens (including phenoxy) is 1. The fourth-order valence-electron chi connectivity index (χ4n) is 6.43. The van der Waals surface area contributed by atoms with Crippen molar-refractivity contribution in [3.8, 4) is 5.75 Å². The van der Waals surface area contributed by atoms with Crippen LogP contribution in [0.2, 0.25) is 0 Å². The van der Waals surface area contributed by atoms with Crippen LogP contribution in [-0.2, 0) is 16.1 Å². The summed E-state index contributed by atoms with van der Waals surface area (Å²) in [4.78, 5) is 30.1. The van der Waals surface area contributed by atoms with Crippen LogP contribution in [0.5, 0.6) is 5.75 Å². The van der Waals surface area contributed by atoms with Crippen molar-refractivity contribution in [2.45, 2.75) is 62.8 Å². The number of fused-ring (bicyclic) bond motifs is 1. The minimum absolute atomic E-state index is 0.0220. The number of likely N-dealkylation sites (tertiary alicyclic amines) is 1. The van der Waals surface area contributed by atoms with Gasteiger partial charge >= 0.3 is 0 Å². The van der Waals surface area contributed by atoms with E-state index in [-0.39, 0.29) is 48.1 Å². The van der Waals surface area contributed by atoms with Crippen LogP contribution in [0.3, 0.4) is 0 Å². The number of rotatable bonds is 7. The van der Waals surface area contributed by atoms with Crippen molar-refractivity contribution in [3.63, 3.8) is 0 Å². The third-order valence-electron chi connectivity index (χ3n) is 8.50. The van der Waals surface area contributed by atoms with Crippen LogP contribution in [0.15, 0.2) is 36.7 Å². The van der Waals surface area contributed by atoms with Crippen LogP contribution in [0, 0.1) is 17.7 Å². The minimum atomic E-state index is -0.390. The lowest BCUT2D eigenvalue weighted by atomic mass is 9.74. The Morgan fingerprint density at radius 1 is 1.15 bits per heavy atom. The summed E-state index contributed by atoms with van der Waals surface area (Å²) in [5.74, 6) is 0.297. The van der Waals surface area contributed by atoms with Crippen LogP contribution >= 0.6 is 0 Å². The number of amides is 2. The summed E-state index contributed by atoms with van der Waals surface area (Å²) in [7, 11) is 4.98. The molecule has 1 aliphatic carbocycles. The van der Waals surface area contributed by atoms with Gasteiger partial charge in [0.15, 0.2) is 0 Å². The molecule has 3 aliphatic rings. The molecule has 3 fully saturated rings. The number of nitrogens with one attached hydrogen (secondary N) is 3. The molecule has 3 N–H and O–H groups in total. The van der Waals surface area contributed by atoms with E-state index in [0.29, 0.717) is 36.7 Å². The smallest absolute Gasteiger partial charge is 0.239 e. The van der Waals surface area contributed by atoms with Gasteiger partial charge in [-0.15, -0.1) is 0 Å². The first-order valence-electron chi connectivity index (χ1n) is 13.7. The van der Waals surface area contributed by atoms with Crippen LogP contribution < -0.4 is 20.9 Å². The Balaban J connectivity index is 1.26. The third-order valence-corrected chi connectivity index (χ3v) is 8.50. The maximum atomic E-state index is 14.8. The summed E-state index contributed by atoms with van der Waals surface area (Å²) in [6.45, 7) is 0.680. The van der Waals surface area contributed by atoms with Gasteiger partial charge in [0.05, 0.1) is 25.4 Å². The van der Waals surface area contributed by atoms with Gasteiger partial charge in [0.2, 0.25) is 11.8 Å². The fourth-order valence-corrected chi connectivity index (χ4v) is 6.43. The molecular weight excluding hydrogens is 501 g/mol.